The smallest absolute Gasteiger partial charge is 0.0715 e. The molecule has 0 aromatic heterocycles. The quantitative estimate of drug-likeness (QED) is 0.794. The fourth-order valence-corrected chi connectivity index (χ4v) is 2.24. The van der Waals surface area contributed by atoms with Crippen molar-refractivity contribution in [3.63, 3.8) is 0 Å². The maximum absolute atomic E-state index is 9.63. The summed E-state index contributed by atoms with van der Waals surface area (Å²) >= 11 is 0. The molecule has 1 unspecified atom stereocenters. The van der Waals surface area contributed by atoms with Crippen LogP contribution >= 0.6 is 0 Å². The van der Waals surface area contributed by atoms with Gasteiger partial charge in [-0.3, -0.25) is 0 Å². The van der Waals surface area contributed by atoms with Crippen molar-refractivity contribution in [1.29, 1.82) is 0 Å². The standard InChI is InChI=1S/C13H19NO2/c1-10-7-12(5-4-11(10)9-15)14-6-2-3-13(16)8-14/h4-5,7,13,15-16H,2-3,6,8-9H2,1H3. The normalized spacial score (nSPS) is 21.2. The monoisotopic (exact) mass is 221 g/mol. The predicted octanol–water partition coefficient (Wildman–Crippen LogP) is 1.45. The molecule has 1 atom stereocenters. The number of aliphatic hydroxyl groups is 2. The van der Waals surface area contributed by atoms with Crippen LogP contribution < -0.4 is 4.90 Å². The molecule has 1 heterocycles. The lowest BCUT2D eigenvalue weighted by Crippen LogP contribution is -2.38. The van der Waals surface area contributed by atoms with E-state index in [9.17, 15) is 5.11 Å². The summed E-state index contributed by atoms with van der Waals surface area (Å²) in [6.45, 7) is 3.83. The molecule has 2 N–H and O–H groups in total. The first-order valence-electron chi connectivity index (χ1n) is 5.84. The van der Waals surface area contributed by atoms with Gasteiger partial charge in [-0.1, -0.05) is 6.07 Å². The number of anilines is 1. The average Bonchev–Trinajstić information content (AvgIpc) is 2.29. The summed E-state index contributed by atoms with van der Waals surface area (Å²) in [6, 6.07) is 6.08. The van der Waals surface area contributed by atoms with Crippen molar-refractivity contribution in [1.82, 2.24) is 0 Å². The molecule has 88 valence electrons. The molecule has 0 bridgehead atoms. The maximum Gasteiger partial charge on any atom is 0.0715 e. The number of piperidine rings is 1. The second-order valence-corrected chi connectivity index (χ2v) is 4.51. The Kier molecular flexibility index (Phi) is 3.46. The van der Waals surface area contributed by atoms with E-state index in [0.29, 0.717) is 0 Å². The highest BCUT2D eigenvalue weighted by Crippen LogP contribution is 2.22. The number of aryl methyl sites for hydroxylation is 1. The molecule has 0 saturated carbocycles. The second-order valence-electron chi connectivity index (χ2n) is 4.51. The van der Waals surface area contributed by atoms with Crippen LogP contribution in [-0.4, -0.2) is 29.4 Å². The first-order chi connectivity index (χ1) is 7.70. The van der Waals surface area contributed by atoms with E-state index in [1.165, 1.54) is 0 Å². The summed E-state index contributed by atoms with van der Waals surface area (Å²) in [5.41, 5.74) is 3.23. The summed E-state index contributed by atoms with van der Waals surface area (Å²) in [4.78, 5) is 2.21. The molecule has 0 aliphatic carbocycles. The van der Waals surface area contributed by atoms with E-state index in [0.717, 1.165) is 42.7 Å². The number of aliphatic hydroxyl groups excluding tert-OH is 2. The third-order valence-corrected chi connectivity index (χ3v) is 3.26. The highest BCUT2D eigenvalue weighted by Gasteiger charge is 2.18. The van der Waals surface area contributed by atoms with E-state index in [1.54, 1.807) is 0 Å². The molecule has 1 fully saturated rings. The molecule has 1 aliphatic rings. The van der Waals surface area contributed by atoms with E-state index in [-0.39, 0.29) is 12.7 Å². The zero-order valence-corrected chi connectivity index (χ0v) is 9.69. The molecule has 0 radical (unpaired) electrons. The van der Waals surface area contributed by atoms with Gasteiger partial charge >= 0.3 is 0 Å². The van der Waals surface area contributed by atoms with E-state index in [4.69, 9.17) is 5.11 Å². The molecular weight excluding hydrogens is 202 g/mol. The molecule has 3 nitrogen and oxygen atoms in total. The Morgan fingerprint density at radius 3 is 2.88 bits per heavy atom. The summed E-state index contributed by atoms with van der Waals surface area (Å²) < 4.78 is 0. The zero-order chi connectivity index (χ0) is 11.5. The van der Waals surface area contributed by atoms with Crippen LogP contribution in [0.5, 0.6) is 0 Å². The van der Waals surface area contributed by atoms with Crippen molar-refractivity contribution in [3.05, 3.63) is 29.3 Å². The van der Waals surface area contributed by atoms with Crippen LogP contribution in [0.4, 0.5) is 5.69 Å². The fraction of sp³-hybridized carbons (Fsp3) is 0.538. The van der Waals surface area contributed by atoms with E-state index >= 15 is 0 Å². The van der Waals surface area contributed by atoms with Crippen LogP contribution in [0, 0.1) is 6.92 Å². The van der Waals surface area contributed by atoms with Crippen molar-refractivity contribution >= 4 is 5.69 Å². The van der Waals surface area contributed by atoms with E-state index < -0.39 is 0 Å². The summed E-state index contributed by atoms with van der Waals surface area (Å²) in [7, 11) is 0. The van der Waals surface area contributed by atoms with Gasteiger partial charge in [-0.2, -0.15) is 0 Å². The molecular formula is C13H19NO2. The van der Waals surface area contributed by atoms with Gasteiger partial charge in [0, 0.05) is 18.8 Å². The van der Waals surface area contributed by atoms with Gasteiger partial charge in [0.15, 0.2) is 0 Å². The van der Waals surface area contributed by atoms with Crippen molar-refractivity contribution in [2.75, 3.05) is 18.0 Å². The van der Waals surface area contributed by atoms with Gasteiger partial charge < -0.3 is 15.1 Å². The maximum atomic E-state index is 9.63. The molecule has 1 saturated heterocycles. The first-order valence-corrected chi connectivity index (χ1v) is 5.84. The molecule has 2 rings (SSSR count). The van der Waals surface area contributed by atoms with Gasteiger partial charge in [0.05, 0.1) is 12.7 Å². The predicted molar refractivity (Wildman–Crippen MR) is 64.6 cm³/mol. The van der Waals surface area contributed by atoms with Crippen molar-refractivity contribution in [2.45, 2.75) is 32.5 Å². The Hall–Kier alpha value is -1.06. The van der Waals surface area contributed by atoms with Crippen molar-refractivity contribution < 1.29 is 10.2 Å². The molecule has 1 aromatic rings. The van der Waals surface area contributed by atoms with Gasteiger partial charge in [0.25, 0.3) is 0 Å². The molecule has 1 aromatic carbocycles. The zero-order valence-electron chi connectivity index (χ0n) is 9.69. The molecule has 0 spiro atoms. The Bertz CT molecular complexity index is 365. The number of hydrogen-bond donors (Lipinski definition) is 2. The van der Waals surface area contributed by atoms with E-state index in [2.05, 4.69) is 11.0 Å². The highest BCUT2D eigenvalue weighted by atomic mass is 16.3. The average molecular weight is 221 g/mol. The lowest BCUT2D eigenvalue weighted by molar-refractivity contribution is 0.154. The number of benzene rings is 1. The Morgan fingerprint density at radius 1 is 1.44 bits per heavy atom. The SMILES string of the molecule is Cc1cc(N2CCCC(O)C2)ccc1CO. The minimum absolute atomic E-state index is 0.0920. The Balaban J connectivity index is 2.17. The summed E-state index contributed by atoms with van der Waals surface area (Å²) in [6.07, 6.45) is 1.75. The molecule has 1 aliphatic heterocycles. The van der Waals surface area contributed by atoms with Crippen molar-refractivity contribution in [2.24, 2.45) is 0 Å². The van der Waals surface area contributed by atoms with E-state index in [1.807, 2.05) is 19.1 Å². The van der Waals surface area contributed by atoms with Gasteiger partial charge in [0.2, 0.25) is 0 Å². The Morgan fingerprint density at radius 2 is 2.25 bits per heavy atom. The second kappa shape index (κ2) is 4.85. The number of β-amino-alcohol motifs (C(OH)–C–C–N with tert-alkyl or cyclic N) is 1. The fourth-order valence-electron chi connectivity index (χ4n) is 2.24. The van der Waals surface area contributed by atoms with Crippen molar-refractivity contribution in [3.8, 4) is 0 Å². The van der Waals surface area contributed by atoms with Gasteiger partial charge in [-0.15, -0.1) is 0 Å². The van der Waals surface area contributed by atoms with Crippen LogP contribution in [0.15, 0.2) is 18.2 Å². The number of nitrogens with zero attached hydrogens (tertiary/aromatic N) is 1. The third kappa shape index (κ3) is 2.36. The minimum Gasteiger partial charge on any atom is -0.392 e. The van der Waals surface area contributed by atoms with Crippen LogP contribution in [0.2, 0.25) is 0 Å². The van der Waals surface area contributed by atoms with Crippen LogP contribution in [0.25, 0.3) is 0 Å². The molecule has 16 heavy (non-hydrogen) atoms. The summed E-state index contributed by atoms with van der Waals surface area (Å²) in [5, 5.41) is 18.7. The van der Waals surface area contributed by atoms with Gasteiger partial charge in [-0.05, 0) is 43.0 Å². The molecule has 0 amide bonds. The summed E-state index contributed by atoms with van der Waals surface area (Å²) in [5.74, 6) is 0. The topological polar surface area (TPSA) is 43.7 Å². The lowest BCUT2D eigenvalue weighted by atomic mass is 10.0. The third-order valence-electron chi connectivity index (χ3n) is 3.26. The largest absolute Gasteiger partial charge is 0.392 e. The van der Waals surface area contributed by atoms with Crippen LogP contribution in [-0.2, 0) is 6.61 Å². The first kappa shape index (κ1) is 11.4. The highest BCUT2D eigenvalue weighted by molar-refractivity contribution is 5.51. The lowest BCUT2D eigenvalue weighted by Gasteiger charge is -2.32. The number of hydrogen-bond acceptors (Lipinski definition) is 3. The van der Waals surface area contributed by atoms with Gasteiger partial charge in [0.1, 0.15) is 0 Å². The van der Waals surface area contributed by atoms with Gasteiger partial charge in [-0.25, -0.2) is 0 Å². The molecule has 3 heteroatoms. The Labute approximate surface area is 96.3 Å². The van der Waals surface area contributed by atoms with Crippen LogP contribution in [0.1, 0.15) is 24.0 Å². The minimum atomic E-state index is -0.202. The number of rotatable bonds is 2. The van der Waals surface area contributed by atoms with Crippen LogP contribution in [0.3, 0.4) is 0 Å².